The molecule has 1 saturated heterocycles. The Morgan fingerprint density at radius 3 is 2.50 bits per heavy atom. The number of hydrogen-bond donors (Lipinski definition) is 0. The van der Waals surface area contributed by atoms with Gasteiger partial charge in [-0.05, 0) is 27.2 Å². The average molecular weight is 201 g/mol. The quantitative estimate of drug-likeness (QED) is 0.630. The van der Waals surface area contributed by atoms with Gasteiger partial charge in [0.1, 0.15) is 0 Å². The van der Waals surface area contributed by atoms with E-state index in [1.165, 1.54) is 0 Å². The molecule has 1 aliphatic rings. The molecular weight excluding hydrogens is 178 g/mol. The Hall–Kier alpha value is -0.120. The van der Waals surface area contributed by atoms with Gasteiger partial charge in [-0.25, -0.2) is 0 Å². The van der Waals surface area contributed by atoms with Crippen molar-refractivity contribution in [3.05, 3.63) is 0 Å². The van der Waals surface area contributed by atoms with Crippen molar-refractivity contribution in [1.29, 1.82) is 0 Å². The molecule has 0 aromatic rings. The third-order valence-electron chi connectivity index (χ3n) is 2.46. The molecule has 0 aromatic heterocycles. The van der Waals surface area contributed by atoms with Crippen LogP contribution in [0.1, 0.15) is 27.2 Å². The summed E-state index contributed by atoms with van der Waals surface area (Å²) >= 11 is 0. The molecule has 0 saturated carbocycles. The number of rotatable bonds is 5. The minimum absolute atomic E-state index is 0.380. The Balaban J connectivity index is 2.10. The molecule has 84 valence electrons. The molecule has 1 fully saturated rings. The molecule has 1 rings (SSSR count). The van der Waals surface area contributed by atoms with Crippen LogP contribution in [0, 0.1) is 0 Å². The molecule has 0 radical (unpaired) electrons. The van der Waals surface area contributed by atoms with E-state index in [1.807, 2.05) is 6.92 Å². The first-order chi connectivity index (χ1) is 6.72. The molecule has 0 spiro atoms. The predicted molar refractivity (Wildman–Crippen MR) is 57.6 cm³/mol. The van der Waals surface area contributed by atoms with Gasteiger partial charge in [-0.1, -0.05) is 0 Å². The normalized spacial score (nSPS) is 29.4. The lowest BCUT2D eigenvalue weighted by atomic mass is 10.2. The lowest BCUT2D eigenvalue weighted by Crippen LogP contribution is -2.45. The highest BCUT2D eigenvalue weighted by Gasteiger charge is 2.21. The van der Waals surface area contributed by atoms with Crippen LogP contribution >= 0.6 is 0 Å². The topological polar surface area (TPSA) is 21.7 Å². The molecule has 0 aromatic carbocycles. The van der Waals surface area contributed by atoms with E-state index in [9.17, 15) is 0 Å². The van der Waals surface area contributed by atoms with Gasteiger partial charge in [0, 0.05) is 32.8 Å². The third-order valence-corrected chi connectivity index (χ3v) is 2.46. The summed E-state index contributed by atoms with van der Waals surface area (Å²) in [6.07, 6.45) is 1.89. The number of morpholine rings is 1. The van der Waals surface area contributed by atoms with Crippen LogP contribution < -0.4 is 0 Å². The first-order valence-electron chi connectivity index (χ1n) is 5.68. The molecule has 1 aliphatic heterocycles. The molecule has 14 heavy (non-hydrogen) atoms. The number of ether oxygens (including phenoxy) is 2. The van der Waals surface area contributed by atoms with Crippen molar-refractivity contribution >= 4 is 0 Å². The van der Waals surface area contributed by atoms with Crippen LogP contribution in [0.25, 0.3) is 0 Å². The van der Waals surface area contributed by atoms with Crippen molar-refractivity contribution in [1.82, 2.24) is 4.90 Å². The number of nitrogens with zero attached hydrogens (tertiary/aromatic N) is 1. The molecule has 0 N–H and O–H groups in total. The zero-order valence-electron chi connectivity index (χ0n) is 9.66. The second kappa shape index (κ2) is 6.38. The summed E-state index contributed by atoms with van der Waals surface area (Å²) in [4.78, 5) is 2.47. The van der Waals surface area contributed by atoms with Gasteiger partial charge >= 0.3 is 0 Å². The summed E-state index contributed by atoms with van der Waals surface area (Å²) in [5.74, 6) is 0. The Morgan fingerprint density at radius 2 is 1.93 bits per heavy atom. The fourth-order valence-electron chi connectivity index (χ4n) is 2.00. The smallest absolute Gasteiger partial charge is 0.0678 e. The van der Waals surface area contributed by atoms with Crippen molar-refractivity contribution in [3.8, 4) is 0 Å². The maximum atomic E-state index is 5.67. The van der Waals surface area contributed by atoms with Crippen LogP contribution in [0.4, 0.5) is 0 Å². The van der Waals surface area contributed by atoms with Crippen LogP contribution in [-0.4, -0.2) is 50.0 Å². The van der Waals surface area contributed by atoms with E-state index >= 15 is 0 Å². The molecule has 1 heterocycles. The van der Waals surface area contributed by atoms with E-state index in [1.54, 1.807) is 0 Å². The van der Waals surface area contributed by atoms with E-state index in [0.29, 0.717) is 12.2 Å². The van der Waals surface area contributed by atoms with Crippen molar-refractivity contribution < 1.29 is 9.47 Å². The minimum Gasteiger partial charge on any atom is -0.382 e. The van der Waals surface area contributed by atoms with E-state index in [0.717, 1.165) is 39.3 Å². The van der Waals surface area contributed by atoms with Crippen molar-refractivity contribution in [2.75, 3.05) is 32.8 Å². The molecule has 3 heteroatoms. The standard InChI is InChI=1S/C11H23NO2/c1-4-13-7-5-6-12-8-10(2)14-11(3)9-12/h10-11H,4-9H2,1-3H3/t10-,11+. The minimum atomic E-state index is 0.380. The van der Waals surface area contributed by atoms with E-state index < -0.39 is 0 Å². The lowest BCUT2D eigenvalue weighted by molar-refractivity contribution is -0.0692. The summed E-state index contributed by atoms with van der Waals surface area (Å²) in [7, 11) is 0. The Morgan fingerprint density at radius 1 is 1.29 bits per heavy atom. The van der Waals surface area contributed by atoms with Crippen LogP contribution in [0.15, 0.2) is 0 Å². The van der Waals surface area contributed by atoms with Gasteiger partial charge in [0.25, 0.3) is 0 Å². The summed E-state index contributed by atoms with van der Waals surface area (Å²) in [6.45, 7) is 11.3. The highest BCUT2D eigenvalue weighted by atomic mass is 16.5. The zero-order chi connectivity index (χ0) is 10.4. The predicted octanol–water partition coefficient (Wildman–Crippen LogP) is 1.52. The molecule has 0 unspecified atom stereocenters. The monoisotopic (exact) mass is 201 g/mol. The van der Waals surface area contributed by atoms with Gasteiger partial charge in [0.05, 0.1) is 12.2 Å². The van der Waals surface area contributed by atoms with Crippen LogP contribution in [-0.2, 0) is 9.47 Å². The Bertz CT molecular complexity index is 142. The van der Waals surface area contributed by atoms with Crippen molar-refractivity contribution in [2.45, 2.75) is 39.4 Å². The third kappa shape index (κ3) is 4.40. The zero-order valence-corrected chi connectivity index (χ0v) is 9.66. The summed E-state index contributed by atoms with van der Waals surface area (Å²) in [5.41, 5.74) is 0. The average Bonchev–Trinajstić information content (AvgIpc) is 2.11. The molecule has 3 nitrogen and oxygen atoms in total. The van der Waals surface area contributed by atoms with Crippen LogP contribution in [0.3, 0.4) is 0 Å². The first kappa shape index (κ1) is 12.0. The van der Waals surface area contributed by atoms with E-state index in [2.05, 4.69) is 18.7 Å². The van der Waals surface area contributed by atoms with Gasteiger partial charge in [0.2, 0.25) is 0 Å². The number of hydrogen-bond acceptors (Lipinski definition) is 3. The highest BCUT2D eigenvalue weighted by molar-refractivity contribution is 4.72. The van der Waals surface area contributed by atoms with Gasteiger partial charge in [-0.3, -0.25) is 4.90 Å². The fraction of sp³-hybridized carbons (Fsp3) is 1.00. The fourth-order valence-corrected chi connectivity index (χ4v) is 2.00. The van der Waals surface area contributed by atoms with E-state index in [-0.39, 0.29) is 0 Å². The van der Waals surface area contributed by atoms with Crippen molar-refractivity contribution in [3.63, 3.8) is 0 Å². The van der Waals surface area contributed by atoms with Crippen molar-refractivity contribution in [2.24, 2.45) is 0 Å². The second-order valence-electron chi connectivity index (χ2n) is 4.07. The molecule has 2 atom stereocenters. The highest BCUT2D eigenvalue weighted by Crippen LogP contribution is 2.10. The molecular formula is C11H23NO2. The van der Waals surface area contributed by atoms with Gasteiger partial charge in [-0.2, -0.15) is 0 Å². The van der Waals surface area contributed by atoms with E-state index in [4.69, 9.17) is 9.47 Å². The van der Waals surface area contributed by atoms with Gasteiger partial charge in [-0.15, -0.1) is 0 Å². The van der Waals surface area contributed by atoms with Gasteiger partial charge < -0.3 is 9.47 Å². The maximum Gasteiger partial charge on any atom is 0.0678 e. The second-order valence-corrected chi connectivity index (χ2v) is 4.07. The SMILES string of the molecule is CCOCCCN1C[C@@H](C)O[C@@H](C)C1. The summed E-state index contributed by atoms with van der Waals surface area (Å²) < 4.78 is 11.0. The van der Waals surface area contributed by atoms with Crippen LogP contribution in [0.5, 0.6) is 0 Å². The summed E-state index contributed by atoms with van der Waals surface area (Å²) in [6, 6.07) is 0. The molecule has 0 amide bonds. The van der Waals surface area contributed by atoms with Gasteiger partial charge in [0.15, 0.2) is 0 Å². The summed E-state index contributed by atoms with van der Waals surface area (Å²) in [5, 5.41) is 0. The van der Waals surface area contributed by atoms with Crippen LogP contribution in [0.2, 0.25) is 0 Å². The largest absolute Gasteiger partial charge is 0.382 e. The molecule has 0 aliphatic carbocycles. The lowest BCUT2D eigenvalue weighted by Gasteiger charge is -2.35. The first-order valence-corrected chi connectivity index (χ1v) is 5.68. The Labute approximate surface area is 87.4 Å². The maximum absolute atomic E-state index is 5.67. The molecule has 0 bridgehead atoms. The Kier molecular flexibility index (Phi) is 5.45.